The molecule has 1 saturated heterocycles. The number of aromatic amines is 1. The first-order valence-corrected chi connectivity index (χ1v) is 12.3. The number of aromatic nitrogens is 5. The summed E-state index contributed by atoms with van der Waals surface area (Å²) < 4.78 is 2.82. The number of β-amino-alcohol motifs (C(OH)–C–C–N with tert-alkyl or cyclic N) is 1. The Hall–Kier alpha value is -3.04. The lowest BCUT2D eigenvalue weighted by atomic mass is 9.88. The van der Waals surface area contributed by atoms with Crippen LogP contribution >= 0.6 is 15.9 Å². The van der Waals surface area contributed by atoms with Crippen LogP contribution < -0.4 is 0 Å². The van der Waals surface area contributed by atoms with E-state index >= 15 is 0 Å². The highest BCUT2D eigenvalue weighted by Crippen LogP contribution is 2.30. The van der Waals surface area contributed by atoms with Crippen molar-refractivity contribution in [3.05, 3.63) is 75.9 Å². The van der Waals surface area contributed by atoms with Gasteiger partial charge in [0.2, 0.25) is 0 Å². The molecule has 1 amide bonds. The predicted molar refractivity (Wildman–Crippen MR) is 133 cm³/mol. The third kappa shape index (κ3) is 4.37. The lowest BCUT2D eigenvalue weighted by Gasteiger charge is -2.46. The molecular weight excluding hydrogens is 496 g/mol. The quantitative estimate of drug-likeness (QED) is 0.381. The smallest absolute Gasteiger partial charge is 0.270 e. The van der Waals surface area contributed by atoms with Crippen molar-refractivity contribution in [2.75, 3.05) is 13.1 Å². The molecule has 1 atom stereocenters. The molecule has 0 saturated carbocycles. The van der Waals surface area contributed by atoms with Gasteiger partial charge in [0, 0.05) is 27.8 Å². The van der Waals surface area contributed by atoms with Gasteiger partial charge < -0.3 is 15.0 Å². The van der Waals surface area contributed by atoms with E-state index in [2.05, 4.69) is 43.1 Å². The molecule has 1 aliphatic rings. The van der Waals surface area contributed by atoms with Crippen LogP contribution in [0.1, 0.15) is 53.2 Å². The number of carbonyl (C=O) groups excluding carboxylic acids is 1. The van der Waals surface area contributed by atoms with Crippen molar-refractivity contribution in [3.8, 4) is 0 Å². The van der Waals surface area contributed by atoms with Gasteiger partial charge >= 0.3 is 0 Å². The van der Waals surface area contributed by atoms with Crippen LogP contribution in [0, 0.1) is 6.92 Å². The monoisotopic (exact) mass is 522 g/mol. The highest BCUT2D eigenvalue weighted by atomic mass is 79.9. The van der Waals surface area contributed by atoms with Gasteiger partial charge in [-0.15, -0.1) is 5.10 Å². The third-order valence-corrected chi connectivity index (χ3v) is 6.98. The Morgan fingerprint density at radius 3 is 2.85 bits per heavy atom. The molecule has 0 unspecified atom stereocenters. The maximum atomic E-state index is 12.9. The van der Waals surface area contributed by atoms with Gasteiger partial charge in [0.05, 0.1) is 30.5 Å². The third-order valence-electron chi connectivity index (χ3n) is 6.52. The molecule has 2 N–H and O–H groups in total. The maximum absolute atomic E-state index is 12.9. The Morgan fingerprint density at radius 1 is 1.29 bits per heavy atom. The number of carbonyl (C=O) groups is 1. The number of H-pyrrole nitrogens is 1. The van der Waals surface area contributed by atoms with Crippen LogP contribution in [0.4, 0.5) is 0 Å². The van der Waals surface area contributed by atoms with E-state index in [0.29, 0.717) is 31.6 Å². The van der Waals surface area contributed by atoms with Gasteiger partial charge in [-0.05, 0) is 62.1 Å². The zero-order valence-corrected chi connectivity index (χ0v) is 20.8. The predicted octanol–water partition coefficient (Wildman–Crippen LogP) is 4.04. The number of nitrogens with one attached hydrogen (secondary N) is 1. The lowest BCUT2D eigenvalue weighted by molar-refractivity contribution is -0.0856. The topological polar surface area (TPSA) is 99.9 Å². The molecule has 4 heterocycles. The van der Waals surface area contributed by atoms with Crippen molar-refractivity contribution in [1.82, 2.24) is 29.9 Å². The maximum Gasteiger partial charge on any atom is 0.270 e. The minimum Gasteiger partial charge on any atom is -0.386 e. The molecule has 1 aliphatic heterocycles. The minimum atomic E-state index is -0.907. The number of pyridine rings is 1. The van der Waals surface area contributed by atoms with Crippen LogP contribution in [0.25, 0.3) is 10.9 Å². The van der Waals surface area contributed by atoms with Gasteiger partial charge in [0.1, 0.15) is 11.3 Å². The second-order valence-electron chi connectivity index (χ2n) is 9.12. The molecule has 5 rings (SSSR count). The summed E-state index contributed by atoms with van der Waals surface area (Å²) in [5, 5.41) is 20.5. The molecule has 176 valence electrons. The Balaban J connectivity index is 1.19. The van der Waals surface area contributed by atoms with Crippen molar-refractivity contribution < 1.29 is 9.90 Å². The van der Waals surface area contributed by atoms with Crippen molar-refractivity contribution in [1.29, 1.82) is 0 Å². The summed E-state index contributed by atoms with van der Waals surface area (Å²) in [5.74, 6) is -0.0940. The number of fused-ring (bicyclic) bond motifs is 1. The average Bonchev–Trinajstić information content (AvgIpc) is 3.44. The van der Waals surface area contributed by atoms with E-state index in [1.54, 1.807) is 11.1 Å². The fraction of sp³-hybridized carbons (Fsp3) is 0.360. The van der Waals surface area contributed by atoms with E-state index in [9.17, 15) is 9.90 Å². The Morgan fingerprint density at radius 2 is 2.12 bits per heavy atom. The Kier molecular flexibility index (Phi) is 5.99. The van der Waals surface area contributed by atoms with Crippen LogP contribution in [-0.4, -0.2) is 59.6 Å². The van der Waals surface area contributed by atoms with E-state index in [1.807, 2.05) is 54.2 Å². The fourth-order valence-electron chi connectivity index (χ4n) is 4.68. The number of likely N-dealkylation sites (tertiary alicyclic amines) is 1. The number of halogens is 1. The highest BCUT2D eigenvalue weighted by molar-refractivity contribution is 9.10. The molecule has 3 aromatic heterocycles. The van der Waals surface area contributed by atoms with Gasteiger partial charge in [-0.2, -0.15) is 0 Å². The molecule has 0 bridgehead atoms. The second kappa shape index (κ2) is 8.96. The first-order chi connectivity index (χ1) is 16.3. The van der Waals surface area contributed by atoms with Crippen LogP contribution in [0.5, 0.6) is 0 Å². The van der Waals surface area contributed by atoms with Crippen molar-refractivity contribution in [2.45, 2.75) is 44.8 Å². The molecule has 1 fully saturated rings. The lowest BCUT2D eigenvalue weighted by Crippen LogP contribution is -2.63. The van der Waals surface area contributed by atoms with Gasteiger partial charge in [-0.3, -0.25) is 9.78 Å². The van der Waals surface area contributed by atoms with Crippen LogP contribution in [0.15, 0.2) is 53.3 Å². The van der Waals surface area contributed by atoms with E-state index in [-0.39, 0.29) is 11.9 Å². The van der Waals surface area contributed by atoms with Gasteiger partial charge in [-0.25, -0.2) is 4.68 Å². The highest BCUT2D eigenvalue weighted by Gasteiger charge is 2.43. The number of aliphatic hydroxyl groups is 1. The normalized spacial score (nSPS) is 15.9. The summed E-state index contributed by atoms with van der Waals surface area (Å²) in [6.45, 7) is 4.72. The first-order valence-electron chi connectivity index (χ1n) is 11.5. The van der Waals surface area contributed by atoms with Crippen molar-refractivity contribution in [2.24, 2.45) is 0 Å². The Labute approximate surface area is 206 Å². The molecule has 9 heteroatoms. The number of benzene rings is 1. The molecule has 0 aliphatic carbocycles. The van der Waals surface area contributed by atoms with Crippen LogP contribution in [0.2, 0.25) is 0 Å². The van der Waals surface area contributed by atoms with E-state index in [4.69, 9.17) is 0 Å². The zero-order valence-electron chi connectivity index (χ0n) is 19.2. The summed E-state index contributed by atoms with van der Waals surface area (Å²) in [6, 6.07) is 11.8. The molecule has 1 aromatic carbocycles. The molecule has 34 heavy (non-hydrogen) atoms. The molecular formula is C25H27BrN6O2. The molecule has 4 aromatic rings. The summed E-state index contributed by atoms with van der Waals surface area (Å²) in [5.41, 5.74) is 3.44. The number of rotatable bonds is 7. The number of hydrogen-bond acceptors (Lipinski definition) is 5. The van der Waals surface area contributed by atoms with Crippen LogP contribution in [-0.2, 0) is 6.42 Å². The molecule has 8 nitrogen and oxygen atoms in total. The van der Waals surface area contributed by atoms with Crippen molar-refractivity contribution in [3.63, 3.8) is 0 Å². The van der Waals surface area contributed by atoms with E-state index < -0.39 is 5.60 Å². The summed E-state index contributed by atoms with van der Waals surface area (Å²) in [7, 11) is 0. The van der Waals surface area contributed by atoms with Gasteiger partial charge in [-0.1, -0.05) is 34.1 Å². The summed E-state index contributed by atoms with van der Waals surface area (Å²) >= 11 is 3.50. The molecule has 0 spiro atoms. The standard InChI is InChI=1S/C25H27BrN6O2/c1-3-22(20-6-4-5-9-27-20)32-13-19(29-30-32)7-8-25(34)14-31(15-25)24(33)21-12-17-11-18(26)10-16(2)23(17)28-21/h4-6,9-13,22,28,34H,3,7-8,14-15H2,1-2H3/t22-/m0/s1. The van der Waals surface area contributed by atoms with Crippen molar-refractivity contribution >= 4 is 32.7 Å². The van der Waals surface area contributed by atoms with E-state index in [1.165, 1.54) is 0 Å². The Bertz CT molecular complexity index is 1330. The van der Waals surface area contributed by atoms with Crippen LogP contribution in [0.3, 0.4) is 0 Å². The summed E-state index contributed by atoms with van der Waals surface area (Å²) in [4.78, 5) is 22.3. The second-order valence-corrected chi connectivity index (χ2v) is 10.0. The number of aryl methyl sites for hydroxylation is 2. The SMILES string of the molecule is CC[C@@H](c1ccccn1)n1cc(CCC2(O)CN(C(=O)c3cc4cc(Br)cc(C)c4[nH]3)C2)nn1. The summed E-state index contributed by atoms with van der Waals surface area (Å²) in [6.07, 6.45) is 5.68. The van der Waals surface area contributed by atoms with E-state index in [0.717, 1.165) is 38.7 Å². The average molecular weight is 523 g/mol. The number of hydrogen-bond donors (Lipinski definition) is 2. The van der Waals surface area contributed by atoms with Gasteiger partial charge in [0.15, 0.2) is 0 Å². The number of nitrogens with zero attached hydrogens (tertiary/aromatic N) is 5. The first kappa shape index (κ1) is 22.7. The zero-order chi connectivity index (χ0) is 23.9. The molecule has 0 radical (unpaired) electrons. The largest absolute Gasteiger partial charge is 0.386 e. The van der Waals surface area contributed by atoms with Gasteiger partial charge in [0.25, 0.3) is 5.91 Å². The number of amides is 1. The minimum absolute atomic E-state index is 0.0305. The fourth-order valence-corrected chi connectivity index (χ4v) is 5.27.